The summed E-state index contributed by atoms with van der Waals surface area (Å²) >= 11 is 0. The zero-order chi connectivity index (χ0) is 17.0. The fourth-order valence-electron chi connectivity index (χ4n) is 3.03. The topological polar surface area (TPSA) is 59.5 Å². The Morgan fingerprint density at radius 2 is 1.96 bits per heavy atom. The molecule has 6 heteroatoms. The fraction of sp³-hybridized carbons (Fsp3) is 0.389. The van der Waals surface area contributed by atoms with Crippen molar-refractivity contribution in [2.75, 3.05) is 19.4 Å². The highest BCUT2D eigenvalue weighted by Crippen LogP contribution is 2.29. The molecule has 1 saturated heterocycles. The second-order valence-corrected chi connectivity index (χ2v) is 8.07. The molecular formula is C18H22N2O3S. The molecule has 1 aliphatic heterocycles. The lowest BCUT2D eigenvalue weighted by atomic mass is 10.0. The molecule has 1 aliphatic rings. The number of hydrogen-bond acceptors (Lipinski definition) is 4. The molecular weight excluding hydrogens is 324 g/mol. The molecule has 2 unspecified atom stereocenters. The smallest absolute Gasteiger partial charge is 0.217 e. The largest absolute Gasteiger partial charge is 0.377 e. The predicted octanol–water partition coefficient (Wildman–Crippen LogP) is 2.61. The molecule has 0 saturated carbocycles. The number of nitrogens with zero attached hydrogens (tertiary/aromatic N) is 2. The summed E-state index contributed by atoms with van der Waals surface area (Å²) in [5.74, 6) is 0.0136. The van der Waals surface area contributed by atoms with Gasteiger partial charge in [0.25, 0.3) is 0 Å². The first kappa shape index (κ1) is 17.1. The van der Waals surface area contributed by atoms with Gasteiger partial charge in [-0.2, -0.15) is 4.31 Å². The molecule has 5 nitrogen and oxygen atoms in total. The van der Waals surface area contributed by atoms with Gasteiger partial charge in [-0.3, -0.25) is 4.98 Å². The molecule has 3 rings (SSSR count). The number of sulfonamides is 1. The van der Waals surface area contributed by atoms with Crippen molar-refractivity contribution >= 4 is 10.0 Å². The molecule has 1 fully saturated rings. The molecule has 2 aromatic rings. The van der Waals surface area contributed by atoms with Crippen molar-refractivity contribution in [3.63, 3.8) is 0 Å². The van der Waals surface area contributed by atoms with Crippen LogP contribution in [0.15, 0.2) is 54.7 Å². The number of hydrogen-bond donors (Lipinski definition) is 0. The van der Waals surface area contributed by atoms with E-state index in [1.165, 1.54) is 4.31 Å². The molecule has 0 radical (unpaired) electrons. The van der Waals surface area contributed by atoms with Crippen LogP contribution in [0.3, 0.4) is 0 Å². The molecule has 2 heterocycles. The van der Waals surface area contributed by atoms with E-state index in [1.807, 2.05) is 48.5 Å². The first-order chi connectivity index (χ1) is 11.6. The maximum Gasteiger partial charge on any atom is 0.217 e. The van der Waals surface area contributed by atoms with E-state index in [0.29, 0.717) is 12.3 Å². The number of ether oxygens (including phenoxy) is 1. The molecule has 1 aromatic heterocycles. The van der Waals surface area contributed by atoms with Gasteiger partial charge in [-0.15, -0.1) is 0 Å². The highest BCUT2D eigenvalue weighted by Gasteiger charge is 2.33. The molecule has 0 N–H and O–H groups in total. The van der Waals surface area contributed by atoms with E-state index in [4.69, 9.17) is 4.74 Å². The van der Waals surface area contributed by atoms with Crippen LogP contribution in [0.4, 0.5) is 0 Å². The van der Waals surface area contributed by atoms with Gasteiger partial charge in [0.15, 0.2) is 0 Å². The average molecular weight is 346 g/mol. The van der Waals surface area contributed by atoms with Crippen LogP contribution in [0.5, 0.6) is 0 Å². The summed E-state index contributed by atoms with van der Waals surface area (Å²) in [5, 5.41) is 0. The SMILES string of the molecule is CN(C(c1ccccc1)c1ccccn1)S(=O)(=O)CC1CCCO1. The normalized spacial score (nSPS) is 19.5. The lowest BCUT2D eigenvalue weighted by Gasteiger charge is -2.28. The van der Waals surface area contributed by atoms with Crippen molar-refractivity contribution in [1.29, 1.82) is 0 Å². The predicted molar refractivity (Wildman–Crippen MR) is 93.0 cm³/mol. The van der Waals surface area contributed by atoms with Crippen LogP contribution in [0.25, 0.3) is 0 Å². The number of pyridine rings is 1. The number of aromatic nitrogens is 1. The average Bonchev–Trinajstić information content (AvgIpc) is 3.09. The summed E-state index contributed by atoms with van der Waals surface area (Å²) in [5.41, 5.74) is 1.61. The molecule has 24 heavy (non-hydrogen) atoms. The van der Waals surface area contributed by atoms with Gasteiger partial charge in [0, 0.05) is 19.9 Å². The van der Waals surface area contributed by atoms with Crippen LogP contribution >= 0.6 is 0 Å². The summed E-state index contributed by atoms with van der Waals surface area (Å²) < 4.78 is 32.7. The molecule has 0 spiro atoms. The third-order valence-electron chi connectivity index (χ3n) is 4.31. The summed E-state index contributed by atoms with van der Waals surface area (Å²) in [6, 6.07) is 14.7. The zero-order valence-corrected chi connectivity index (χ0v) is 14.5. The highest BCUT2D eigenvalue weighted by molar-refractivity contribution is 7.89. The molecule has 0 amide bonds. The third kappa shape index (κ3) is 3.83. The van der Waals surface area contributed by atoms with E-state index in [-0.39, 0.29) is 11.9 Å². The fourth-order valence-corrected chi connectivity index (χ4v) is 4.55. The van der Waals surface area contributed by atoms with Crippen LogP contribution in [-0.2, 0) is 14.8 Å². The zero-order valence-electron chi connectivity index (χ0n) is 13.7. The quantitative estimate of drug-likeness (QED) is 0.807. The van der Waals surface area contributed by atoms with Gasteiger partial charge < -0.3 is 4.74 Å². The summed E-state index contributed by atoms with van der Waals surface area (Å²) in [4.78, 5) is 4.38. The van der Waals surface area contributed by atoms with Crippen molar-refractivity contribution in [3.05, 3.63) is 66.0 Å². The molecule has 1 aromatic carbocycles. The number of benzene rings is 1. The summed E-state index contributed by atoms with van der Waals surface area (Å²) in [7, 11) is -1.85. The van der Waals surface area contributed by atoms with Crippen LogP contribution in [-0.4, -0.2) is 43.2 Å². The first-order valence-corrected chi connectivity index (χ1v) is 9.72. The Morgan fingerprint density at radius 3 is 2.58 bits per heavy atom. The Morgan fingerprint density at radius 1 is 1.21 bits per heavy atom. The molecule has 0 aliphatic carbocycles. The van der Waals surface area contributed by atoms with Gasteiger partial charge in [0.2, 0.25) is 10.0 Å². The Hall–Kier alpha value is -1.76. The monoisotopic (exact) mass is 346 g/mol. The van der Waals surface area contributed by atoms with Crippen LogP contribution in [0.1, 0.15) is 30.1 Å². The molecule has 2 atom stereocenters. The van der Waals surface area contributed by atoms with Crippen molar-refractivity contribution < 1.29 is 13.2 Å². The second-order valence-electron chi connectivity index (χ2n) is 6.00. The Labute approximate surface area is 143 Å². The van der Waals surface area contributed by atoms with Crippen molar-refractivity contribution in [2.45, 2.75) is 25.0 Å². The van der Waals surface area contributed by atoms with Gasteiger partial charge in [-0.25, -0.2) is 8.42 Å². The third-order valence-corrected chi connectivity index (χ3v) is 6.19. The van der Waals surface area contributed by atoms with Crippen LogP contribution in [0, 0.1) is 0 Å². The van der Waals surface area contributed by atoms with Crippen LogP contribution < -0.4 is 0 Å². The lowest BCUT2D eigenvalue weighted by Crippen LogP contribution is -2.37. The minimum Gasteiger partial charge on any atom is -0.377 e. The van der Waals surface area contributed by atoms with E-state index in [1.54, 1.807) is 13.2 Å². The van der Waals surface area contributed by atoms with Gasteiger partial charge >= 0.3 is 0 Å². The van der Waals surface area contributed by atoms with Gasteiger partial charge in [0.1, 0.15) is 0 Å². The minimum absolute atomic E-state index is 0.0136. The van der Waals surface area contributed by atoms with E-state index in [0.717, 1.165) is 18.4 Å². The van der Waals surface area contributed by atoms with Crippen LogP contribution in [0.2, 0.25) is 0 Å². The van der Waals surface area contributed by atoms with Gasteiger partial charge in [-0.1, -0.05) is 36.4 Å². The van der Waals surface area contributed by atoms with Gasteiger partial charge in [0.05, 0.1) is 23.6 Å². The summed E-state index contributed by atoms with van der Waals surface area (Å²) in [6.45, 7) is 0.645. The molecule has 0 bridgehead atoms. The van der Waals surface area contributed by atoms with Crippen molar-refractivity contribution in [2.24, 2.45) is 0 Å². The lowest BCUT2D eigenvalue weighted by molar-refractivity contribution is 0.126. The van der Waals surface area contributed by atoms with Crippen molar-refractivity contribution in [1.82, 2.24) is 9.29 Å². The standard InChI is InChI=1S/C18H22N2O3S/c1-20(24(21,22)14-16-10-7-13-23-16)18(15-8-3-2-4-9-15)17-11-5-6-12-19-17/h2-6,8-9,11-12,16,18H,7,10,13-14H2,1H3. The molecule has 128 valence electrons. The second kappa shape index (κ2) is 7.42. The van der Waals surface area contributed by atoms with E-state index >= 15 is 0 Å². The Kier molecular flexibility index (Phi) is 5.28. The number of rotatable bonds is 6. The summed E-state index contributed by atoms with van der Waals surface area (Å²) in [6.07, 6.45) is 3.20. The Bertz CT molecular complexity index is 705. The van der Waals surface area contributed by atoms with E-state index < -0.39 is 16.1 Å². The maximum atomic E-state index is 12.9. The van der Waals surface area contributed by atoms with E-state index in [9.17, 15) is 8.42 Å². The van der Waals surface area contributed by atoms with E-state index in [2.05, 4.69) is 4.98 Å². The van der Waals surface area contributed by atoms with Gasteiger partial charge in [-0.05, 0) is 30.5 Å². The minimum atomic E-state index is -3.47. The highest BCUT2D eigenvalue weighted by atomic mass is 32.2. The van der Waals surface area contributed by atoms with Crippen molar-refractivity contribution in [3.8, 4) is 0 Å². The Balaban J connectivity index is 1.92. The maximum absolute atomic E-state index is 12.9. The first-order valence-electron chi connectivity index (χ1n) is 8.11.